The van der Waals surface area contributed by atoms with E-state index in [-0.39, 0.29) is 47.5 Å². The zero-order valence-corrected chi connectivity index (χ0v) is 26.6. The molecule has 238 valence electrons. The van der Waals surface area contributed by atoms with Crippen molar-refractivity contribution < 1.29 is 19.4 Å². The van der Waals surface area contributed by atoms with Crippen LogP contribution in [-0.2, 0) is 20.9 Å². The standard InChI is InChI=1S/C39H43N3O4/c1-2-28-23-32-37(39(45)42(38(32)44)30-17-20-41(21-18-30)24-27-8-4-3-5-9-27)33-25-46-35(36(28)33)16-13-29(34-10-6-7-19-40-34)22-26-11-14-31(43)15-12-26/h3-12,14-15,19,22,30,32-33,35,37,43H,2,13,16-18,20-21,23-25H2,1H3/b29-22-/t32-,33+,35-,37-/m1/s1. The highest BCUT2D eigenvalue weighted by Crippen LogP contribution is 2.51. The van der Waals surface area contributed by atoms with E-state index in [4.69, 9.17) is 4.74 Å². The zero-order chi connectivity index (χ0) is 31.6. The van der Waals surface area contributed by atoms with Crippen molar-refractivity contribution in [3.63, 3.8) is 0 Å². The number of rotatable bonds is 9. The second kappa shape index (κ2) is 13.3. The minimum Gasteiger partial charge on any atom is -0.508 e. The summed E-state index contributed by atoms with van der Waals surface area (Å²) >= 11 is 0. The normalized spacial score (nSPS) is 25.7. The van der Waals surface area contributed by atoms with Gasteiger partial charge in [-0.05, 0) is 91.1 Å². The van der Waals surface area contributed by atoms with Crippen LogP contribution >= 0.6 is 0 Å². The molecule has 3 fully saturated rings. The fourth-order valence-electron chi connectivity index (χ4n) is 8.26. The molecule has 7 nitrogen and oxygen atoms in total. The van der Waals surface area contributed by atoms with Gasteiger partial charge in [0, 0.05) is 37.8 Å². The van der Waals surface area contributed by atoms with Crippen LogP contribution in [-0.4, -0.2) is 63.5 Å². The lowest BCUT2D eigenvalue weighted by Crippen LogP contribution is -2.47. The van der Waals surface area contributed by atoms with Crippen molar-refractivity contribution in [2.45, 2.75) is 64.1 Å². The average Bonchev–Trinajstić information content (AvgIpc) is 3.62. The van der Waals surface area contributed by atoms with E-state index >= 15 is 0 Å². The van der Waals surface area contributed by atoms with Crippen molar-refractivity contribution in [1.29, 1.82) is 0 Å². The summed E-state index contributed by atoms with van der Waals surface area (Å²) < 4.78 is 6.50. The molecule has 2 aromatic carbocycles. The number of nitrogens with zero attached hydrogens (tertiary/aromatic N) is 3. The highest BCUT2D eigenvalue weighted by atomic mass is 16.5. The molecular weight excluding hydrogens is 574 g/mol. The van der Waals surface area contributed by atoms with Crippen molar-refractivity contribution in [3.8, 4) is 5.75 Å². The number of phenolic OH excluding ortho intramolecular Hbond substituents is 1. The van der Waals surface area contributed by atoms with Crippen LogP contribution in [0.4, 0.5) is 0 Å². The minimum absolute atomic E-state index is 0.0183. The van der Waals surface area contributed by atoms with Crippen molar-refractivity contribution in [2.75, 3.05) is 19.7 Å². The molecule has 3 saturated heterocycles. The summed E-state index contributed by atoms with van der Waals surface area (Å²) in [6.07, 6.45) is 8.58. The van der Waals surface area contributed by atoms with E-state index in [1.165, 1.54) is 16.7 Å². The Morgan fingerprint density at radius 3 is 2.43 bits per heavy atom. The molecule has 1 aliphatic carbocycles. The Labute approximate surface area is 271 Å². The van der Waals surface area contributed by atoms with Gasteiger partial charge >= 0.3 is 0 Å². The molecule has 0 unspecified atom stereocenters. The van der Waals surface area contributed by atoms with Crippen LogP contribution in [0.15, 0.2) is 90.1 Å². The number of likely N-dealkylation sites (tertiary alicyclic amines) is 2. The molecule has 7 heteroatoms. The molecule has 0 spiro atoms. The van der Waals surface area contributed by atoms with Gasteiger partial charge in [-0.3, -0.25) is 24.4 Å². The SMILES string of the molecule is CCC1=C2[C@@H](CC/C(=C/c3ccc(O)cc3)c3ccccn3)OC[C@@H]2[C@@H]2C(=O)N(C3CCN(Cc4ccccc4)CC3)C(=O)[C@@H]2C1. The van der Waals surface area contributed by atoms with Gasteiger partial charge in [0.25, 0.3) is 0 Å². The fourth-order valence-corrected chi connectivity index (χ4v) is 8.26. The van der Waals surface area contributed by atoms with Gasteiger partial charge in [-0.2, -0.15) is 0 Å². The average molecular weight is 618 g/mol. The number of pyridine rings is 1. The Bertz CT molecular complexity index is 1610. The first kappa shape index (κ1) is 30.6. The largest absolute Gasteiger partial charge is 0.508 e. The molecule has 4 atom stereocenters. The van der Waals surface area contributed by atoms with Crippen LogP contribution < -0.4 is 0 Å². The Morgan fingerprint density at radius 1 is 0.957 bits per heavy atom. The summed E-state index contributed by atoms with van der Waals surface area (Å²) in [5, 5.41) is 9.76. The monoisotopic (exact) mass is 617 g/mol. The van der Waals surface area contributed by atoms with Gasteiger partial charge < -0.3 is 9.84 Å². The second-order valence-corrected chi connectivity index (χ2v) is 13.2. The first-order valence-electron chi connectivity index (χ1n) is 16.9. The third kappa shape index (κ3) is 6.06. The topological polar surface area (TPSA) is 83.0 Å². The Balaban J connectivity index is 1.05. The molecule has 4 aliphatic rings. The number of phenols is 1. The van der Waals surface area contributed by atoms with Gasteiger partial charge in [0.15, 0.2) is 0 Å². The maximum Gasteiger partial charge on any atom is 0.234 e. The Morgan fingerprint density at radius 2 is 1.72 bits per heavy atom. The summed E-state index contributed by atoms with van der Waals surface area (Å²) in [6, 6.07) is 23.6. The van der Waals surface area contributed by atoms with E-state index in [0.29, 0.717) is 13.0 Å². The maximum atomic E-state index is 14.1. The summed E-state index contributed by atoms with van der Waals surface area (Å²) in [6.45, 7) is 5.34. The van der Waals surface area contributed by atoms with Gasteiger partial charge in [0.1, 0.15) is 5.75 Å². The van der Waals surface area contributed by atoms with Crippen LogP contribution in [0, 0.1) is 17.8 Å². The summed E-state index contributed by atoms with van der Waals surface area (Å²) in [5.74, 6) is -0.298. The van der Waals surface area contributed by atoms with Crippen molar-refractivity contribution in [3.05, 3.63) is 107 Å². The number of hydrogen-bond acceptors (Lipinski definition) is 6. The second-order valence-electron chi connectivity index (χ2n) is 13.2. The smallest absolute Gasteiger partial charge is 0.234 e. The highest BCUT2D eigenvalue weighted by Gasteiger charge is 2.58. The Hall–Kier alpha value is -4.07. The van der Waals surface area contributed by atoms with Crippen LogP contribution in [0.3, 0.4) is 0 Å². The molecule has 1 aromatic heterocycles. The first-order valence-corrected chi connectivity index (χ1v) is 16.9. The number of fused-ring (bicyclic) bond motifs is 3. The maximum absolute atomic E-state index is 14.1. The number of aromatic nitrogens is 1. The van der Waals surface area contributed by atoms with Crippen LogP contribution in [0.25, 0.3) is 11.6 Å². The first-order chi connectivity index (χ1) is 22.5. The van der Waals surface area contributed by atoms with Crippen molar-refractivity contribution in [2.24, 2.45) is 17.8 Å². The van der Waals surface area contributed by atoms with E-state index in [9.17, 15) is 14.7 Å². The number of carbonyl (C=O) groups is 2. The molecule has 2 amide bonds. The molecular formula is C39H43N3O4. The predicted octanol–water partition coefficient (Wildman–Crippen LogP) is 6.50. The predicted molar refractivity (Wildman–Crippen MR) is 178 cm³/mol. The van der Waals surface area contributed by atoms with Crippen LogP contribution in [0.5, 0.6) is 5.75 Å². The third-order valence-electron chi connectivity index (χ3n) is 10.5. The van der Waals surface area contributed by atoms with Crippen molar-refractivity contribution in [1.82, 2.24) is 14.8 Å². The Kier molecular flexibility index (Phi) is 8.87. The summed E-state index contributed by atoms with van der Waals surface area (Å²) in [5.41, 5.74) is 6.89. The molecule has 0 saturated carbocycles. The molecule has 1 N–H and O–H groups in total. The number of amides is 2. The lowest BCUT2D eigenvalue weighted by atomic mass is 9.69. The van der Waals surface area contributed by atoms with Crippen LogP contribution in [0.1, 0.15) is 62.3 Å². The third-order valence-corrected chi connectivity index (χ3v) is 10.5. The quantitative estimate of drug-likeness (QED) is 0.218. The van der Waals surface area contributed by atoms with E-state index < -0.39 is 0 Å². The van der Waals surface area contributed by atoms with E-state index in [2.05, 4.69) is 47.1 Å². The van der Waals surface area contributed by atoms with Gasteiger partial charge in [-0.25, -0.2) is 0 Å². The van der Waals surface area contributed by atoms with Gasteiger partial charge in [-0.15, -0.1) is 0 Å². The molecule has 46 heavy (non-hydrogen) atoms. The lowest BCUT2D eigenvalue weighted by Gasteiger charge is -2.36. The molecule has 0 bridgehead atoms. The van der Waals surface area contributed by atoms with E-state index in [1.807, 2.05) is 42.6 Å². The zero-order valence-electron chi connectivity index (χ0n) is 26.6. The van der Waals surface area contributed by atoms with Gasteiger partial charge in [-0.1, -0.05) is 61.0 Å². The number of allylic oxidation sites excluding steroid dienone is 2. The molecule has 3 aromatic rings. The molecule has 7 rings (SSSR count). The van der Waals surface area contributed by atoms with Crippen LogP contribution in [0.2, 0.25) is 0 Å². The van der Waals surface area contributed by atoms with E-state index in [0.717, 1.165) is 68.6 Å². The number of piperidine rings is 1. The highest BCUT2D eigenvalue weighted by molar-refractivity contribution is 6.06. The molecule has 0 radical (unpaired) electrons. The van der Waals surface area contributed by atoms with E-state index in [1.54, 1.807) is 17.0 Å². The minimum atomic E-state index is -0.312. The fraction of sp³-hybridized carbons (Fsp3) is 0.410. The lowest BCUT2D eigenvalue weighted by molar-refractivity contribution is -0.144. The number of benzene rings is 2. The molecule has 3 aliphatic heterocycles. The number of carbonyl (C=O) groups excluding carboxylic acids is 2. The number of aromatic hydroxyl groups is 1. The summed E-state index contributed by atoms with van der Waals surface area (Å²) in [7, 11) is 0. The molecule has 4 heterocycles. The van der Waals surface area contributed by atoms with Gasteiger partial charge in [0.2, 0.25) is 11.8 Å². The number of ether oxygens (including phenoxy) is 1. The number of imide groups is 1. The summed E-state index contributed by atoms with van der Waals surface area (Å²) in [4.78, 5) is 36.8. The van der Waals surface area contributed by atoms with Gasteiger partial charge in [0.05, 0.1) is 30.2 Å². The van der Waals surface area contributed by atoms with Crippen molar-refractivity contribution >= 4 is 23.5 Å². The number of hydrogen-bond donors (Lipinski definition) is 1.